The van der Waals surface area contributed by atoms with Gasteiger partial charge in [-0.15, -0.1) is 0 Å². The highest BCUT2D eigenvalue weighted by molar-refractivity contribution is 6.43. The molecular formula is C16H18Cl3NO4. The molecule has 0 saturated carbocycles. The van der Waals surface area contributed by atoms with Crippen molar-refractivity contribution >= 4 is 52.4 Å². The Labute approximate surface area is 155 Å². The predicted octanol–water partition coefficient (Wildman–Crippen LogP) is 4.20. The fourth-order valence-electron chi connectivity index (χ4n) is 2.15. The van der Waals surface area contributed by atoms with Crippen molar-refractivity contribution in [1.29, 1.82) is 0 Å². The van der Waals surface area contributed by atoms with E-state index in [1.165, 1.54) is 31.2 Å². The molecule has 24 heavy (non-hydrogen) atoms. The Morgan fingerprint density at radius 1 is 1.17 bits per heavy atom. The van der Waals surface area contributed by atoms with Gasteiger partial charge in [-0.05, 0) is 18.1 Å². The van der Waals surface area contributed by atoms with Crippen LogP contribution in [0.5, 0.6) is 0 Å². The summed E-state index contributed by atoms with van der Waals surface area (Å²) in [7, 11) is 2.70. The summed E-state index contributed by atoms with van der Waals surface area (Å²) in [4.78, 5) is 25.4. The Kier molecular flexibility index (Phi) is 7.39. The molecule has 1 atom stereocenters. The summed E-state index contributed by atoms with van der Waals surface area (Å²) in [5, 5.41) is 10.7. The van der Waals surface area contributed by atoms with E-state index in [1.807, 2.05) is 0 Å². The van der Waals surface area contributed by atoms with E-state index < -0.39 is 17.9 Å². The molecule has 0 heterocycles. The molecule has 8 heteroatoms. The van der Waals surface area contributed by atoms with Gasteiger partial charge in [-0.3, -0.25) is 4.79 Å². The van der Waals surface area contributed by atoms with E-state index in [0.29, 0.717) is 0 Å². The summed E-state index contributed by atoms with van der Waals surface area (Å²) in [6, 6.07) is 1.94. The van der Waals surface area contributed by atoms with Gasteiger partial charge < -0.3 is 14.7 Å². The van der Waals surface area contributed by atoms with Gasteiger partial charge in [0, 0.05) is 18.7 Å². The second-order valence-electron chi connectivity index (χ2n) is 5.44. The van der Waals surface area contributed by atoms with Crippen LogP contribution in [0.25, 0.3) is 5.76 Å². The van der Waals surface area contributed by atoms with Crippen molar-refractivity contribution < 1.29 is 19.4 Å². The van der Waals surface area contributed by atoms with Gasteiger partial charge in [0.05, 0.1) is 22.2 Å². The first-order chi connectivity index (χ1) is 11.1. The number of halogens is 3. The molecule has 0 aliphatic carbocycles. The number of methoxy groups -OCH3 is 1. The van der Waals surface area contributed by atoms with Crippen LogP contribution in [-0.4, -0.2) is 42.1 Å². The van der Waals surface area contributed by atoms with Gasteiger partial charge in [0.15, 0.2) is 0 Å². The summed E-state index contributed by atoms with van der Waals surface area (Å²) < 4.78 is 4.71. The lowest BCUT2D eigenvalue weighted by atomic mass is 10.0. The fraction of sp³-hybridized carbons (Fsp3) is 0.375. The minimum Gasteiger partial charge on any atom is -0.507 e. The first-order valence-electron chi connectivity index (χ1n) is 7.00. The van der Waals surface area contributed by atoms with Crippen LogP contribution in [0.2, 0.25) is 15.1 Å². The van der Waals surface area contributed by atoms with E-state index in [4.69, 9.17) is 39.5 Å². The van der Waals surface area contributed by atoms with E-state index in [2.05, 4.69) is 0 Å². The number of carbonyl (C=O) groups excluding carboxylic acids is 2. The fourth-order valence-corrected chi connectivity index (χ4v) is 2.79. The van der Waals surface area contributed by atoms with Crippen molar-refractivity contribution in [3.05, 3.63) is 38.8 Å². The lowest BCUT2D eigenvalue weighted by molar-refractivity contribution is -0.152. The molecule has 1 N–H and O–H groups in total. The molecule has 0 aliphatic rings. The Balaban J connectivity index is 3.13. The summed E-state index contributed by atoms with van der Waals surface area (Å²) in [5.41, 5.74) is 0.159. The Hall–Kier alpha value is -1.43. The molecule has 0 saturated heterocycles. The second-order valence-corrected chi connectivity index (χ2v) is 6.66. The third-order valence-electron chi connectivity index (χ3n) is 3.39. The quantitative estimate of drug-likeness (QED) is 0.352. The highest BCUT2D eigenvalue weighted by Gasteiger charge is 2.30. The number of benzene rings is 1. The van der Waals surface area contributed by atoms with Gasteiger partial charge in [0.2, 0.25) is 0 Å². The zero-order valence-corrected chi connectivity index (χ0v) is 15.9. The zero-order chi connectivity index (χ0) is 18.6. The van der Waals surface area contributed by atoms with E-state index in [-0.39, 0.29) is 32.3 Å². The number of likely N-dealkylation sites (N-methyl/N-ethyl adjacent to an activating group) is 1. The normalized spacial score (nSPS) is 12.9. The summed E-state index contributed by atoms with van der Waals surface area (Å²) in [6.07, 6.45) is 0.962. The van der Waals surface area contributed by atoms with Crippen LogP contribution in [-0.2, 0) is 14.3 Å². The molecule has 5 nitrogen and oxygen atoms in total. The average Bonchev–Trinajstić information content (AvgIpc) is 2.49. The smallest absolute Gasteiger partial charge is 0.328 e. The number of rotatable bonds is 5. The molecule has 0 radical (unpaired) electrons. The maximum absolute atomic E-state index is 12.3. The van der Waals surface area contributed by atoms with Crippen molar-refractivity contribution in [3.8, 4) is 0 Å². The molecule has 0 fully saturated rings. The highest BCUT2D eigenvalue weighted by atomic mass is 35.5. The zero-order valence-electron chi connectivity index (χ0n) is 13.6. The lowest BCUT2D eigenvalue weighted by Gasteiger charge is -2.28. The highest BCUT2D eigenvalue weighted by Crippen LogP contribution is 2.32. The molecule has 1 rings (SSSR count). The van der Waals surface area contributed by atoms with E-state index in [0.717, 1.165) is 6.08 Å². The van der Waals surface area contributed by atoms with Crippen LogP contribution in [0.3, 0.4) is 0 Å². The minimum absolute atomic E-state index is 0.141. The number of hydrogen-bond donors (Lipinski definition) is 1. The third-order valence-corrected chi connectivity index (χ3v) is 4.42. The van der Waals surface area contributed by atoms with E-state index in [1.54, 1.807) is 13.8 Å². The molecule has 1 aromatic rings. The minimum atomic E-state index is -0.782. The topological polar surface area (TPSA) is 66.8 Å². The van der Waals surface area contributed by atoms with Crippen molar-refractivity contribution in [1.82, 2.24) is 4.90 Å². The molecule has 1 unspecified atom stereocenters. The van der Waals surface area contributed by atoms with Crippen LogP contribution in [0, 0.1) is 5.92 Å². The molecule has 0 bridgehead atoms. The first kappa shape index (κ1) is 20.6. The Bertz CT molecular complexity index is 674. The molecule has 132 valence electrons. The monoisotopic (exact) mass is 393 g/mol. The molecule has 1 amide bonds. The van der Waals surface area contributed by atoms with Gasteiger partial charge in [0.25, 0.3) is 5.91 Å². The number of aliphatic hydroxyl groups excluding tert-OH is 1. The number of ether oxygens (including phenoxy) is 1. The molecule has 0 aromatic heterocycles. The van der Waals surface area contributed by atoms with Crippen molar-refractivity contribution in [2.24, 2.45) is 5.92 Å². The van der Waals surface area contributed by atoms with Gasteiger partial charge >= 0.3 is 5.97 Å². The van der Waals surface area contributed by atoms with Gasteiger partial charge in [0.1, 0.15) is 11.8 Å². The number of esters is 1. The second kappa shape index (κ2) is 8.60. The standard InChI is InChI=1S/C16H18Cl3NO4/c1-8(2)15(16(23)24-4)20(3)14(22)7-13(21)9-5-11(18)12(19)6-10(9)17/h5-8,15,21H,1-4H3/b13-7-. The average molecular weight is 395 g/mol. The summed E-state index contributed by atoms with van der Waals surface area (Å²) >= 11 is 17.7. The predicted molar refractivity (Wildman–Crippen MR) is 95.5 cm³/mol. The lowest BCUT2D eigenvalue weighted by Crippen LogP contribution is -2.45. The molecule has 0 aliphatic heterocycles. The van der Waals surface area contributed by atoms with E-state index in [9.17, 15) is 14.7 Å². The molecule has 1 aromatic carbocycles. The van der Waals surface area contributed by atoms with Crippen LogP contribution < -0.4 is 0 Å². The van der Waals surface area contributed by atoms with Crippen molar-refractivity contribution in [2.45, 2.75) is 19.9 Å². The van der Waals surface area contributed by atoms with Crippen molar-refractivity contribution in [3.63, 3.8) is 0 Å². The van der Waals surface area contributed by atoms with Crippen LogP contribution in [0.15, 0.2) is 18.2 Å². The summed E-state index contributed by atoms with van der Waals surface area (Å²) in [5.74, 6) is -1.68. The largest absolute Gasteiger partial charge is 0.507 e. The Morgan fingerprint density at radius 3 is 2.21 bits per heavy atom. The maximum Gasteiger partial charge on any atom is 0.328 e. The third kappa shape index (κ3) is 4.79. The van der Waals surface area contributed by atoms with Crippen LogP contribution in [0.4, 0.5) is 0 Å². The molecular weight excluding hydrogens is 377 g/mol. The SMILES string of the molecule is COC(=O)C(C(C)C)N(C)C(=O)/C=C(\O)c1cc(Cl)c(Cl)cc1Cl. The molecule has 0 spiro atoms. The number of aliphatic hydroxyl groups is 1. The van der Waals surface area contributed by atoms with E-state index >= 15 is 0 Å². The van der Waals surface area contributed by atoms with Crippen LogP contribution in [0.1, 0.15) is 19.4 Å². The first-order valence-corrected chi connectivity index (χ1v) is 8.13. The number of amides is 1. The van der Waals surface area contributed by atoms with Gasteiger partial charge in [-0.25, -0.2) is 4.79 Å². The van der Waals surface area contributed by atoms with Gasteiger partial charge in [-0.1, -0.05) is 48.7 Å². The van der Waals surface area contributed by atoms with Crippen LogP contribution >= 0.6 is 34.8 Å². The van der Waals surface area contributed by atoms with Gasteiger partial charge in [-0.2, -0.15) is 0 Å². The number of nitrogens with zero attached hydrogens (tertiary/aromatic N) is 1. The summed E-state index contributed by atoms with van der Waals surface area (Å²) in [6.45, 7) is 3.57. The Morgan fingerprint density at radius 2 is 1.71 bits per heavy atom. The maximum atomic E-state index is 12.3. The number of hydrogen-bond acceptors (Lipinski definition) is 4. The van der Waals surface area contributed by atoms with Crippen molar-refractivity contribution in [2.75, 3.05) is 14.2 Å². The number of carbonyl (C=O) groups is 2.